The second-order valence-corrected chi connectivity index (χ2v) is 11.3. The van der Waals surface area contributed by atoms with Crippen molar-refractivity contribution in [1.82, 2.24) is 24.2 Å². The molecule has 0 aromatic carbocycles. The smallest absolute Gasteiger partial charge is 0.255 e. The van der Waals surface area contributed by atoms with Gasteiger partial charge in [-0.05, 0) is 94.3 Å². The number of nitrogen functional groups attached to an aromatic ring is 1. The molecule has 1 aliphatic rings. The van der Waals surface area contributed by atoms with Crippen LogP contribution in [0.5, 0.6) is 0 Å². The number of hydrogen-bond acceptors (Lipinski definition) is 5. The summed E-state index contributed by atoms with van der Waals surface area (Å²) in [6, 6.07) is 7.78. The average Bonchev–Trinajstić information content (AvgIpc) is 3.51. The number of rotatable bonds is 12. The fourth-order valence-corrected chi connectivity index (χ4v) is 5.09. The largest absolute Gasteiger partial charge is 0.383 e. The molecular formula is C30H44N6O. The normalized spacial score (nSPS) is 14.3. The molecule has 1 saturated heterocycles. The van der Waals surface area contributed by atoms with E-state index in [-0.39, 0.29) is 5.91 Å². The Balaban J connectivity index is 1.66. The SMILES string of the molecule is CC(C)CCN(CCC(C)C)C(=O)c1ccc2nc(-c3cccnc3N)c(CCCN3CCCC3)n2c1. The summed E-state index contributed by atoms with van der Waals surface area (Å²) in [5, 5.41) is 0. The maximum atomic E-state index is 13.7. The topological polar surface area (TPSA) is 79.8 Å². The van der Waals surface area contributed by atoms with Crippen LogP contribution in [-0.4, -0.2) is 62.8 Å². The molecule has 0 atom stereocenters. The number of nitrogens with two attached hydrogens (primary N) is 1. The van der Waals surface area contributed by atoms with Crippen molar-refractivity contribution in [2.24, 2.45) is 11.8 Å². The van der Waals surface area contributed by atoms with Gasteiger partial charge >= 0.3 is 0 Å². The number of fused-ring (bicyclic) bond motifs is 1. The molecule has 200 valence electrons. The third-order valence-corrected chi connectivity index (χ3v) is 7.38. The van der Waals surface area contributed by atoms with E-state index in [1.807, 2.05) is 35.4 Å². The molecule has 4 heterocycles. The van der Waals surface area contributed by atoms with E-state index < -0.39 is 0 Å². The molecule has 4 rings (SSSR count). The number of imidazole rings is 1. The Morgan fingerprint density at radius 3 is 2.41 bits per heavy atom. The number of aromatic nitrogens is 3. The first kappa shape index (κ1) is 27.1. The van der Waals surface area contributed by atoms with Gasteiger partial charge in [0.15, 0.2) is 0 Å². The van der Waals surface area contributed by atoms with Crippen molar-refractivity contribution in [2.45, 2.75) is 66.2 Å². The maximum Gasteiger partial charge on any atom is 0.255 e. The fourth-order valence-electron chi connectivity index (χ4n) is 5.09. The molecule has 0 bridgehead atoms. The van der Waals surface area contributed by atoms with Gasteiger partial charge in [-0.2, -0.15) is 0 Å². The van der Waals surface area contributed by atoms with E-state index >= 15 is 0 Å². The molecule has 7 heteroatoms. The third-order valence-electron chi connectivity index (χ3n) is 7.38. The van der Waals surface area contributed by atoms with Crippen molar-refractivity contribution in [3.05, 3.63) is 47.9 Å². The van der Waals surface area contributed by atoms with E-state index in [4.69, 9.17) is 10.7 Å². The Morgan fingerprint density at radius 1 is 1.05 bits per heavy atom. The lowest BCUT2D eigenvalue weighted by molar-refractivity contribution is 0.0740. The lowest BCUT2D eigenvalue weighted by Crippen LogP contribution is -2.34. The van der Waals surface area contributed by atoms with Crippen molar-refractivity contribution >= 4 is 17.4 Å². The number of pyridine rings is 2. The van der Waals surface area contributed by atoms with Crippen LogP contribution in [0.15, 0.2) is 36.7 Å². The van der Waals surface area contributed by atoms with Crippen molar-refractivity contribution in [1.29, 1.82) is 0 Å². The Hall–Kier alpha value is -2.93. The van der Waals surface area contributed by atoms with Gasteiger partial charge in [0.2, 0.25) is 0 Å². The second kappa shape index (κ2) is 12.5. The van der Waals surface area contributed by atoms with Crippen LogP contribution < -0.4 is 5.73 Å². The highest BCUT2D eigenvalue weighted by atomic mass is 16.2. The predicted octanol–water partition coefficient (Wildman–Crippen LogP) is 5.54. The number of hydrogen-bond donors (Lipinski definition) is 1. The Kier molecular flexibility index (Phi) is 9.19. The highest BCUT2D eigenvalue weighted by Crippen LogP contribution is 2.29. The molecule has 0 radical (unpaired) electrons. The minimum atomic E-state index is 0.0994. The van der Waals surface area contributed by atoms with Gasteiger partial charge in [0.05, 0.1) is 17.0 Å². The van der Waals surface area contributed by atoms with Gasteiger partial charge < -0.3 is 19.9 Å². The van der Waals surface area contributed by atoms with Crippen LogP contribution >= 0.6 is 0 Å². The van der Waals surface area contributed by atoms with Crippen LogP contribution in [0.2, 0.25) is 0 Å². The minimum Gasteiger partial charge on any atom is -0.383 e. The van der Waals surface area contributed by atoms with Crippen LogP contribution in [0.25, 0.3) is 16.9 Å². The summed E-state index contributed by atoms with van der Waals surface area (Å²) in [6.45, 7) is 13.9. The molecule has 1 fully saturated rings. The summed E-state index contributed by atoms with van der Waals surface area (Å²) in [7, 11) is 0. The molecule has 37 heavy (non-hydrogen) atoms. The highest BCUT2D eigenvalue weighted by molar-refractivity contribution is 5.94. The van der Waals surface area contributed by atoms with E-state index in [2.05, 4.69) is 42.0 Å². The predicted molar refractivity (Wildman–Crippen MR) is 152 cm³/mol. The number of aryl methyl sites for hydroxylation is 1. The third kappa shape index (κ3) is 6.89. The average molecular weight is 505 g/mol. The first-order chi connectivity index (χ1) is 17.8. The summed E-state index contributed by atoms with van der Waals surface area (Å²) < 4.78 is 2.11. The van der Waals surface area contributed by atoms with Crippen molar-refractivity contribution < 1.29 is 4.79 Å². The summed E-state index contributed by atoms with van der Waals surface area (Å²) in [5.41, 5.74) is 10.6. The lowest BCUT2D eigenvalue weighted by atomic mass is 10.1. The van der Waals surface area contributed by atoms with Gasteiger partial charge in [-0.1, -0.05) is 27.7 Å². The van der Waals surface area contributed by atoms with Crippen LogP contribution in [0.3, 0.4) is 0 Å². The van der Waals surface area contributed by atoms with Gasteiger partial charge in [-0.3, -0.25) is 4.79 Å². The molecule has 1 aliphatic heterocycles. The molecule has 0 aliphatic carbocycles. The van der Waals surface area contributed by atoms with Gasteiger partial charge in [0.1, 0.15) is 11.5 Å². The van der Waals surface area contributed by atoms with E-state index in [0.717, 1.165) is 67.9 Å². The number of likely N-dealkylation sites (tertiary alicyclic amines) is 1. The Labute approximate surface area is 222 Å². The standard InChI is InChI=1S/C30H44N6O/c1-22(2)13-19-35(20-14-23(3)4)30(37)24-11-12-27-33-28(25-9-7-15-32-29(25)31)26(36(27)21-24)10-8-18-34-16-5-6-17-34/h7,9,11-12,15,21-23H,5-6,8,10,13-14,16-20H2,1-4H3,(H2,31,32). The lowest BCUT2D eigenvalue weighted by Gasteiger charge is -2.24. The summed E-state index contributed by atoms with van der Waals surface area (Å²) >= 11 is 0. The van der Waals surface area contributed by atoms with Crippen LogP contribution in [0.4, 0.5) is 5.82 Å². The Bertz CT molecular complexity index is 1170. The van der Waals surface area contributed by atoms with Crippen molar-refractivity contribution in [2.75, 3.05) is 38.5 Å². The number of carbonyl (C=O) groups excluding carboxylic acids is 1. The monoisotopic (exact) mass is 504 g/mol. The zero-order chi connectivity index (χ0) is 26.4. The zero-order valence-electron chi connectivity index (χ0n) is 23.1. The van der Waals surface area contributed by atoms with Crippen LogP contribution in [0, 0.1) is 11.8 Å². The summed E-state index contributed by atoms with van der Waals surface area (Å²) in [6.07, 6.45) is 10.2. The number of amides is 1. The van der Waals surface area contributed by atoms with Crippen LogP contribution in [0.1, 0.15) is 75.9 Å². The van der Waals surface area contributed by atoms with E-state index in [9.17, 15) is 4.79 Å². The summed E-state index contributed by atoms with van der Waals surface area (Å²) in [4.78, 5) is 27.5. The van der Waals surface area contributed by atoms with Crippen LogP contribution in [-0.2, 0) is 6.42 Å². The number of anilines is 1. The quantitative estimate of drug-likeness (QED) is 0.350. The molecular weight excluding hydrogens is 460 g/mol. The van der Waals surface area contributed by atoms with Gasteiger partial charge in [-0.25, -0.2) is 9.97 Å². The number of carbonyl (C=O) groups is 1. The molecule has 7 nitrogen and oxygen atoms in total. The first-order valence-corrected chi connectivity index (χ1v) is 14.1. The van der Waals surface area contributed by atoms with Crippen molar-refractivity contribution in [3.63, 3.8) is 0 Å². The van der Waals surface area contributed by atoms with E-state index in [1.54, 1.807) is 6.20 Å². The second-order valence-electron chi connectivity index (χ2n) is 11.3. The molecule has 1 amide bonds. The maximum absolute atomic E-state index is 13.7. The summed E-state index contributed by atoms with van der Waals surface area (Å²) in [5.74, 6) is 1.69. The van der Waals surface area contributed by atoms with Crippen molar-refractivity contribution in [3.8, 4) is 11.3 Å². The molecule has 0 spiro atoms. The fraction of sp³-hybridized carbons (Fsp3) is 0.567. The highest BCUT2D eigenvalue weighted by Gasteiger charge is 2.21. The Morgan fingerprint density at radius 2 is 1.76 bits per heavy atom. The van der Waals surface area contributed by atoms with Gasteiger partial charge in [0, 0.05) is 31.0 Å². The van der Waals surface area contributed by atoms with Gasteiger partial charge in [-0.15, -0.1) is 0 Å². The van der Waals surface area contributed by atoms with Gasteiger partial charge in [0.25, 0.3) is 5.91 Å². The van der Waals surface area contributed by atoms with E-state index in [1.165, 1.54) is 25.9 Å². The first-order valence-electron chi connectivity index (χ1n) is 14.1. The molecule has 0 unspecified atom stereocenters. The minimum absolute atomic E-state index is 0.0994. The molecule has 3 aromatic heterocycles. The molecule has 2 N–H and O–H groups in total. The molecule has 3 aromatic rings. The molecule has 0 saturated carbocycles. The number of nitrogens with zero attached hydrogens (tertiary/aromatic N) is 5. The van der Waals surface area contributed by atoms with E-state index in [0.29, 0.717) is 23.2 Å². The zero-order valence-corrected chi connectivity index (χ0v) is 23.1.